The van der Waals surface area contributed by atoms with E-state index in [1.807, 2.05) is 56.1 Å². The maximum atomic E-state index is 12.7. The Labute approximate surface area is 239 Å². The molecule has 0 bridgehead atoms. The Bertz CT molecular complexity index is 1930. The van der Waals surface area contributed by atoms with E-state index < -0.39 is 7.14 Å². The average molecular weight is 575 g/mol. The van der Waals surface area contributed by atoms with Crippen molar-refractivity contribution in [2.24, 2.45) is 0 Å². The third-order valence-corrected chi connectivity index (χ3v) is 10.5. The predicted octanol–water partition coefficient (Wildman–Crippen LogP) is 8.61. The van der Waals surface area contributed by atoms with Crippen LogP contribution in [0, 0.1) is 0 Å². The number of pyridine rings is 2. The van der Waals surface area contributed by atoms with Crippen molar-refractivity contribution in [2.75, 3.05) is 13.3 Å². The molecule has 0 saturated heterocycles. The highest BCUT2D eigenvalue weighted by atomic mass is 32.1. The zero-order valence-corrected chi connectivity index (χ0v) is 24.3. The van der Waals surface area contributed by atoms with Crippen molar-refractivity contribution in [3.63, 3.8) is 0 Å². The Balaban J connectivity index is 1.39. The summed E-state index contributed by atoms with van der Waals surface area (Å²) in [5, 5.41) is 2.77. The first-order chi connectivity index (χ1) is 19.4. The van der Waals surface area contributed by atoms with Crippen LogP contribution in [-0.2, 0) is 4.57 Å². The SMILES string of the molecule is CP(C)(=O)c1cccc(-c2cccc(-c3cc(-c4nc5cnccc5s4)cc(-c4nc5cnccc5s4)c3)c2)c1. The molecule has 194 valence electrons. The Kier molecular flexibility index (Phi) is 6.16. The number of hydrogen-bond acceptors (Lipinski definition) is 7. The van der Waals surface area contributed by atoms with E-state index in [0.29, 0.717) is 0 Å². The fourth-order valence-corrected chi connectivity index (χ4v) is 7.48. The van der Waals surface area contributed by atoms with Gasteiger partial charge in [0.2, 0.25) is 0 Å². The number of aromatic nitrogens is 4. The lowest BCUT2D eigenvalue weighted by Gasteiger charge is -2.12. The van der Waals surface area contributed by atoms with Crippen molar-refractivity contribution >= 4 is 55.6 Å². The van der Waals surface area contributed by atoms with Crippen LogP contribution < -0.4 is 5.30 Å². The number of fused-ring (bicyclic) bond motifs is 2. The number of hydrogen-bond donors (Lipinski definition) is 0. The first-order valence-corrected chi connectivity index (χ1v) is 17.0. The zero-order chi connectivity index (χ0) is 27.3. The second-order valence-electron chi connectivity index (χ2n) is 10.0. The van der Waals surface area contributed by atoms with Crippen LogP contribution in [-0.4, -0.2) is 33.3 Å². The van der Waals surface area contributed by atoms with Crippen molar-refractivity contribution in [1.82, 2.24) is 19.9 Å². The fourth-order valence-electron chi connectivity index (χ4n) is 4.75. The summed E-state index contributed by atoms with van der Waals surface area (Å²) in [6, 6.07) is 27.1. The van der Waals surface area contributed by atoms with Crippen LogP contribution in [0.1, 0.15) is 0 Å². The summed E-state index contributed by atoms with van der Waals surface area (Å²) >= 11 is 3.32. The summed E-state index contributed by atoms with van der Waals surface area (Å²) in [6.07, 6.45) is 7.23. The molecule has 7 aromatic rings. The van der Waals surface area contributed by atoms with Gasteiger partial charge in [-0.15, -0.1) is 22.7 Å². The largest absolute Gasteiger partial charge is 0.319 e. The normalized spacial score (nSPS) is 11.8. The molecule has 8 heteroatoms. The minimum atomic E-state index is -2.36. The van der Waals surface area contributed by atoms with E-state index in [2.05, 4.69) is 58.5 Å². The van der Waals surface area contributed by atoms with Gasteiger partial charge in [0.1, 0.15) is 28.2 Å². The van der Waals surface area contributed by atoms with Crippen molar-refractivity contribution < 1.29 is 4.57 Å². The molecule has 4 aromatic heterocycles. The molecule has 0 unspecified atom stereocenters. The highest BCUT2D eigenvalue weighted by Gasteiger charge is 2.15. The topological polar surface area (TPSA) is 68.6 Å². The van der Waals surface area contributed by atoms with E-state index >= 15 is 0 Å². The van der Waals surface area contributed by atoms with Gasteiger partial charge < -0.3 is 4.57 Å². The molecule has 0 aliphatic carbocycles. The second kappa shape index (κ2) is 9.86. The minimum absolute atomic E-state index is 0.885. The summed E-state index contributed by atoms with van der Waals surface area (Å²) in [7, 11) is -2.36. The number of benzene rings is 3. The van der Waals surface area contributed by atoms with Gasteiger partial charge in [0.05, 0.1) is 21.8 Å². The van der Waals surface area contributed by atoms with Crippen molar-refractivity contribution in [3.05, 3.63) is 104 Å². The molecule has 0 amide bonds. The van der Waals surface area contributed by atoms with Crippen LogP contribution in [0.3, 0.4) is 0 Å². The van der Waals surface area contributed by atoms with Gasteiger partial charge in [0, 0.05) is 28.8 Å². The summed E-state index contributed by atoms with van der Waals surface area (Å²) in [4.78, 5) is 18.3. The quantitative estimate of drug-likeness (QED) is 0.193. The van der Waals surface area contributed by atoms with Gasteiger partial charge in [-0.3, -0.25) is 9.97 Å². The monoisotopic (exact) mass is 574 g/mol. The van der Waals surface area contributed by atoms with E-state index in [-0.39, 0.29) is 0 Å². The molecule has 0 atom stereocenters. The van der Waals surface area contributed by atoms with Gasteiger partial charge in [-0.05, 0) is 78.0 Å². The molecule has 5 nitrogen and oxygen atoms in total. The first-order valence-electron chi connectivity index (χ1n) is 12.7. The van der Waals surface area contributed by atoms with E-state index in [4.69, 9.17) is 9.97 Å². The van der Waals surface area contributed by atoms with Gasteiger partial charge in [-0.2, -0.15) is 0 Å². The zero-order valence-electron chi connectivity index (χ0n) is 21.8. The Morgan fingerprint density at radius 3 is 1.60 bits per heavy atom. The lowest BCUT2D eigenvalue weighted by Crippen LogP contribution is -2.02. The lowest BCUT2D eigenvalue weighted by molar-refractivity contribution is 0.588. The van der Waals surface area contributed by atoms with Gasteiger partial charge >= 0.3 is 0 Å². The van der Waals surface area contributed by atoms with Crippen LogP contribution in [0.5, 0.6) is 0 Å². The predicted molar refractivity (Wildman–Crippen MR) is 169 cm³/mol. The molecule has 4 heterocycles. The summed E-state index contributed by atoms with van der Waals surface area (Å²) in [5.74, 6) is 0. The average Bonchev–Trinajstić information content (AvgIpc) is 3.62. The van der Waals surface area contributed by atoms with Crippen molar-refractivity contribution in [1.29, 1.82) is 0 Å². The summed E-state index contributed by atoms with van der Waals surface area (Å²) in [6.45, 7) is 3.62. The molecule has 0 aliphatic heterocycles. The van der Waals surface area contributed by atoms with E-state index in [1.54, 1.807) is 35.1 Å². The van der Waals surface area contributed by atoms with Crippen LogP contribution in [0.15, 0.2) is 104 Å². The smallest absolute Gasteiger partial charge is 0.124 e. The van der Waals surface area contributed by atoms with E-state index in [9.17, 15) is 4.57 Å². The van der Waals surface area contributed by atoms with Crippen LogP contribution >= 0.6 is 29.8 Å². The highest BCUT2D eigenvalue weighted by Crippen LogP contribution is 2.39. The lowest BCUT2D eigenvalue weighted by atomic mass is 9.96. The van der Waals surface area contributed by atoms with Gasteiger partial charge in [0.15, 0.2) is 0 Å². The molecular weight excluding hydrogens is 551 g/mol. The maximum absolute atomic E-state index is 12.7. The Morgan fingerprint density at radius 2 is 1.05 bits per heavy atom. The second-order valence-corrected chi connectivity index (χ2v) is 15.3. The molecule has 0 fully saturated rings. The molecule has 7 rings (SSSR count). The van der Waals surface area contributed by atoms with Gasteiger partial charge in [-0.25, -0.2) is 9.97 Å². The molecule has 0 aliphatic rings. The summed E-state index contributed by atoms with van der Waals surface area (Å²) < 4.78 is 15.0. The standard InChI is InChI=1S/C32H23N4OPS2/c1-38(2,37)26-8-4-7-22(17-26)20-5-3-6-21(13-20)23-14-24(31-35-27-18-33-11-9-29(27)39-31)16-25(15-23)32-36-28-19-34-12-10-30(28)40-32/h3-19H,1-2H3. The van der Waals surface area contributed by atoms with Gasteiger partial charge in [0.25, 0.3) is 0 Å². The maximum Gasteiger partial charge on any atom is 0.124 e. The van der Waals surface area contributed by atoms with E-state index in [1.165, 1.54) is 0 Å². The molecule has 3 aromatic carbocycles. The molecule has 40 heavy (non-hydrogen) atoms. The highest BCUT2D eigenvalue weighted by molar-refractivity contribution is 7.70. The summed E-state index contributed by atoms with van der Waals surface area (Å²) in [5.41, 5.74) is 8.17. The Hall–Kier alpha value is -4.03. The Morgan fingerprint density at radius 1 is 0.575 bits per heavy atom. The van der Waals surface area contributed by atoms with Crippen molar-refractivity contribution in [3.8, 4) is 43.4 Å². The molecule has 0 spiro atoms. The molecule has 0 radical (unpaired) electrons. The number of thiazole rings is 2. The van der Waals surface area contributed by atoms with Crippen LogP contribution in [0.4, 0.5) is 0 Å². The molecule has 0 N–H and O–H groups in total. The van der Waals surface area contributed by atoms with Crippen LogP contribution in [0.25, 0.3) is 63.8 Å². The van der Waals surface area contributed by atoms with Crippen LogP contribution in [0.2, 0.25) is 0 Å². The fraction of sp³-hybridized carbons (Fsp3) is 0.0625. The van der Waals surface area contributed by atoms with Crippen molar-refractivity contribution in [2.45, 2.75) is 0 Å². The molecule has 0 saturated carbocycles. The first kappa shape index (κ1) is 25.0. The third-order valence-electron chi connectivity index (χ3n) is 6.80. The molecular formula is C32H23N4OPS2. The van der Waals surface area contributed by atoms with Gasteiger partial charge in [-0.1, -0.05) is 36.4 Å². The minimum Gasteiger partial charge on any atom is -0.319 e. The number of nitrogens with zero attached hydrogens (tertiary/aromatic N) is 4. The third kappa shape index (κ3) is 4.77. The van der Waals surface area contributed by atoms with E-state index in [0.717, 1.165) is 69.1 Å². The number of rotatable bonds is 5.